The fourth-order valence-corrected chi connectivity index (χ4v) is 4.17. The predicted octanol–water partition coefficient (Wildman–Crippen LogP) is 2.75. The molecule has 1 aliphatic carbocycles. The number of hydrogen-bond donors (Lipinski definition) is 1. The van der Waals surface area contributed by atoms with Gasteiger partial charge in [-0.2, -0.15) is 0 Å². The topological polar surface area (TPSA) is 68.9 Å². The number of aryl methyl sites for hydroxylation is 1. The quantitative estimate of drug-likeness (QED) is 0.717. The molecule has 0 spiro atoms. The number of benzene rings is 1. The number of carbonyl (C=O) groups excluding carboxylic acids is 1. The lowest BCUT2D eigenvalue weighted by Crippen LogP contribution is -2.32. The van der Waals surface area contributed by atoms with Gasteiger partial charge in [0.05, 0.1) is 18.4 Å². The normalized spacial score (nSPS) is 14.6. The minimum absolute atomic E-state index is 0.0415. The third kappa shape index (κ3) is 3.86. The van der Waals surface area contributed by atoms with Crippen LogP contribution in [0, 0.1) is 0 Å². The van der Waals surface area contributed by atoms with Crippen LogP contribution in [0.15, 0.2) is 47.7 Å². The van der Waals surface area contributed by atoms with E-state index in [1.165, 1.54) is 12.8 Å². The van der Waals surface area contributed by atoms with Crippen LogP contribution < -0.4 is 10.9 Å². The Hall–Kier alpha value is -2.89. The zero-order valence-corrected chi connectivity index (χ0v) is 16.2. The molecule has 0 aliphatic heterocycles. The van der Waals surface area contributed by atoms with E-state index in [1.807, 2.05) is 42.1 Å². The molecule has 2 aromatic heterocycles. The minimum Gasteiger partial charge on any atom is -0.354 e. The summed E-state index contributed by atoms with van der Waals surface area (Å²) in [5, 5.41) is 4.01. The van der Waals surface area contributed by atoms with Crippen molar-refractivity contribution in [3.63, 3.8) is 0 Å². The molecule has 2 heterocycles. The van der Waals surface area contributed by atoms with Crippen molar-refractivity contribution < 1.29 is 4.79 Å². The largest absolute Gasteiger partial charge is 0.354 e. The van der Waals surface area contributed by atoms with Gasteiger partial charge in [-0.1, -0.05) is 31.0 Å². The molecule has 1 aromatic carbocycles. The molecule has 1 fully saturated rings. The van der Waals surface area contributed by atoms with Crippen LogP contribution in [-0.4, -0.2) is 26.6 Å². The molecule has 1 amide bonds. The van der Waals surface area contributed by atoms with E-state index in [2.05, 4.69) is 10.3 Å². The van der Waals surface area contributed by atoms with E-state index in [0.29, 0.717) is 25.4 Å². The number of carbonyl (C=O) groups is 1. The number of aromatic nitrogens is 3. The Kier molecular flexibility index (Phi) is 5.28. The van der Waals surface area contributed by atoms with E-state index in [4.69, 9.17) is 0 Å². The van der Waals surface area contributed by atoms with Crippen LogP contribution in [0.4, 0.5) is 0 Å². The van der Waals surface area contributed by atoms with Crippen molar-refractivity contribution in [3.8, 4) is 0 Å². The lowest BCUT2D eigenvalue weighted by Gasteiger charge is -2.11. The van der Waals surface area contributed by atoms with Crippen molar-refractivity contribution in [1.82, 2.24) is 19.4 Å². The average Bonchev–Trinajstić information content (AvgIpc) is 3.33. The van der Waals surface area contributed by atoms with Crippen LogP contribution in [0.5, 0.6) is 0 Å². The van der Waals surface area contributed by atoms with E-state index >= 15 is 0 Å². The summed E-state index contributed by atoms with van der Waals surface area (Å²) >= 11 is 0. The van der Waals surface area contributed by atoms with E-state index < -0.39 is 0 Å². The first kappa shape index (κ1) is 18.5. The van der Waals surface area contributed by atoms with Gasteiger partial charge in [-0.05, 0) is 24.5 Å². The molecule has 146 valence electrons. The van der Waals surface area contributed by atoms with Crippen molar-refractivity contribution in [3.05, 3.63) is 64.5 Å². The van der Waals surface area contributed by atoms with E-state index in [9.17, 15) is 9.59 Å². The molecule has 28 heavy (non-hydrogen) atoms. The highest BCUT2D eigenvalue weighted by Gasteiger charge is 2.19. The summed E-state index contributed by atoms with van der Waals surface area (Å²) in [5.41, 5.74) is 3.00. The highest BCUT2D eigenvalue weighted by Crippen LogP contribution is 2.32. The molecule has 1 saturated carbocycles. The van der Waals surface area contributed by atoms with E-state index in [1.54, 1.807) is 17.0 Å². The van der Waals surface area contributed by atoms with Crippen molar-refractivity contribution in [2.75, 3.05) is 6.54 Å². The number of para-hydroxylation sites is 1. The molecule has 1 aliphatic rings. The number of amides is 1. The first-order valence-electron chi connectivity index (χ1n) is 9.98. The molecule has 6 nitrogen and oxygen atoms in total. The third-order valence-electron chi connectivity index (χ3n) is 5.68. The fraction of sp³-hybridized carbons (Fsp3) is 0.409. The molecule has 6 heteroatoms. The molecule has 3 aromatic rings. The summed E-state index contributed by atoms with van der Waals surface area (Å²) < 4.78 is 3.60. The summed E-state index contributed by atoms with van der Waals surface area (Å²) in [7, 11) is 1.98. The summed E-state index contributed by atoms with van der Waals surface area (Å²) in [6, 6.07) is 9.72. The lowest BCUT2D eigenvalue weighted by atomic mass is 10.0. The first-order valence-corrected chi connectivity index (χ1v) is 9.98. The maximum absolute atomic E-state index is 12.3. The summed E-state index contributed by atoms with van der Waals surface area (Å²) in [5.74, 6) is 0.391. The molecule has 1 N–H and O–H groups in total. The average molecular weight is 378 g/mol. The second kappa shape index (κ2) is 8.00. The Labute approximate surface area is 164 Å². The summed E-state index contributed by atoms with van der Waals surface area (Å²) in [6.07, 6.45) is 8.64. The van der Waals surface area contributed by atoms with Gasteiger partial charge in [0.15, 0.2) is 0 Å². The van der Waals surface area contributed by atoms with E-state index in [-0.39, 0.29) is 11.5 Å². The molecule has 0 atom stereocenters. The van der Waals surface area contributed by atoms with Gasteiger partial charge >= 0.3 is 0 Å². The summed E-state index contributed by atoms with van der Waals surface area (Å²) in [4.78, 5) is 29.1. The zero-order chi connectivity index (χ0) is 19.5. The Bertz CT molecular complexity index is 1040. The van der Waals surface area contributed by atoms with Crippen LogP contribution in [0.25, 0.3) is 10.9 Å². The lowest BCUT2D eigenvalue weighted by molar-refractivity contribution is -0.120. The van der Waals surface area contributed by atoms with Gasteiger partial charge in [-0.3, -0.25) is 14.2 Å². The highest BCUT2D eigenvalue weighted by atomic mass is 16.1. The van der Waals surface area contributed by atoms with Crippen molar-refractivity contribution in [2.24, 2.45) is 7.05 Å². The molecule has 0 unspecified atom stereocenters. The Morgan fingerprint density at radius 2 is 2.04 bits per heavy atom. The maximum Gasteiger partial charge on any atom is 0.253 e. The van der Waals surface area contributed by atoms with Crippen LogP contribution in [0.3, 0.4) is 0 Å². The maximum atomic E-state index is 12.3. The number of nitrogens with one attached hydrogen (secondary N) is 1. The summed E-state index contributed by atoms with van der Waals surface area (Å²) in [6.45, 7) is 0.839. The number of nitrogens with zero attached hydrogens (tertiary/aromatic N) is 3. The zero-order valence-electron chi connectivity index (χ0n) is 16.2. The molecule has 0 saturated heterocycles. The first-order chi connectivity index (χ1) is 13.6. The molecular weight excluding hydrogens is 352 g/mol. The van der Waals surface area contributed by atoms with Gasteiger partial charge in [0.1, 0.15) is 0 Å². The van der Waals surface area contributed by atoms with Crippen LogP contribution >= 0.6 is 0 Å². The van der Waals surface area contributed by atoms with Gasteiger partial charge in [0, 0.05) is 49.2 Å². The highest BCUT2D eigenvalue weighted by molar-refractivity contribution is 5.89. The predicted molar refractivity (Wildman–Crippen MR) is 109 cm³/mol. The molecular formula is C22H26N4O2. The van der Waals surface area contributed by atoms with Crippen molar-refractivity contribution in [2.45, 2.75) is 44.6 Å². The second-order valence-electron chi connectivity index (χ2n) is 7.64. The van der Waals surface area contributed by atoms with E-state index in [0.717, 1.165) is 35.0 Å². The number of rotatable bonds is 6. The van der Waals surface area contributed by atoms with Crippen LogP contribution in [0.2, 0.25) is 0 Å². The van der Waals surface area contributed by atoms with Crippen LogP contribution in [0.1, 0.15) is 42.9 Å². The standard InChI is InChI=1S/C22H26N4O2/c1-25-14-17(18-8-4-5-9-20(18)25)12-21(27)23-10-11-26-15-24-19(13-22(26)28)16-6-2-3-7-16/h4-5,8-9,13-16H,2-3,6-7,10-12H2,1H3,(H,23,27). The fourth-order valence-electron chi connectivity index (χ4n) is 4.17. The molecule has 0 radical (unpaired) electrons. The van der Waals surface area contributed by atoms with Gasteiger partial charge in [0.25, 0.3) is 5.56 Å². The van der Waals surface area contributed by atoms with Crippen LogP contribution in [-0.2, 0) is 24.8 Å². The van der Waals surface area contributed by atoms with Gasteiger partial charge in [-0.25, -0.2) is 4.98 Å². The number of hydrogen-bond acceptors (Lipinski definition) is 3. The Balaban J connectivity index is 1.33. The third-order valence-corrected chi connectivity index (χ3v) is 5.68. The van der Waals surface area contributed by atoms with Gasteiger partial charge < -0.3 is 9.88 Å². The minimum atomic E-state index is -0.0417. The second-order valence-corrected chi connectivity index (χ2v) is 7.64. The number of fused-ring (bicyclic) bond motifs is 1. The monoisotopic (exact) mass is 378 g/mol. The van der Waals surface area contributed by atoms with Crippen molar-refractivity contribution in [1.29, 1.82) is 0 Å². The smallest absolute Gasteiger partial charge is 0.253 e. The van der Waals surface area contributed by atoms with Gasteiger partial charge in [-0.15, -0.1) is 0 Å². The molecule has 0 bridgehead atoms. The Morgan fingerprint density at radius 1 is 1.25 bits per heavy atom. The van der Waals surface area contributed by atoms with Crippen molar-refractivity contribution >= 4 is 16.8 Å². The molecule has 4 rings (SSSR count). The SMILES string of the molecule is Cn1cc(CC(=O)NCCn2cnc(C3CCCC3)cc2=O)c2ccccc21. The Morgan fingerprint density at radius 3 is 2.82 bits per heavy atom. The van der Waals surface area contributed by atoms with Gasteiger partial charge in [0.2, 0.25) is 5.91 Å².